The number of hydrogen-bond donors (Lipinski definition) is 1. The van der Waals surface area contributed by atoms with Crippen LogP contribution in [-0.4, -0.2) is 17.0 Å². The van der Waals surface area contributed by atoms with E-state index in [2.05, 4.69) is 22.2 Å². The maximum atomic E-state index is 4.23. The zero-order valence-corrected chi connectivity index (χ0v) is 8.33. The first-order valence-corrected chi connectivity index (χ1v) is 4.82. The molecule has 0 radical (unpaired) electrons. The number of hydrogen-bond acceptors (Lipinski definition) is 3. The standard InChI is InChI=1S/C10H17N3/c1-3-4-6-9(11-2)10-12-7-5-8-13-10/h5,7-9,11H,3-4,6H2,1-2H3. The van der Waals surface area contributed by atoms with E-state index in [1.165, 1.54) is 12.8 Å². The molecule has 13 heavy (non-hydrogen) atoms. The Kier molecular flexibility index (Phi) is 4.40. The predicted molar refractivity (Wildman–Crippen MR) is 53.4 cm³/mol. The van der Waals surface area contributed by atoms with Crippen LogP contribution in [0.4, 0.5) is 0 Å². The van der Waals surface area contributed by atoms with E-state index in [1.807, 2.05) is 13.1 Å². The van der Waals surface area contributed by atoms with Gasteiger partial charge in [0, 0.05) is 12.4 Å². The summed E-state index contributed by atoms with van der Waals surface area (Å²) in [6.45, 7) is 2.19. The van der Waals surface area contributed by atoms with Gasteiger partial charge in [0.25, 0.3) is 0 Å². The van der Waals surface area contributed by atoms with Crippen molar-refractivity contribution in [1.29, 1.82) is 0 Å². The van der Waals surface area contributed by atoms with E-state index in [9.17, 15) is 0 Å². The molecular weight excluding hydrogens is 162 g/mol. The molecule has 0 amide bonds. The Labute approximate surface area is 79.6 Å². The van der Waals surface area contributed by atoms with E-state index in [0.717, 1.165) is 12.2 Å². The van der Waals surface area contributed by atoms with Crippen molar-refractivity contribution in [3.8, 4) is 0 Å². The fourth-order valence-corrected chi connectivity index (χ4v) is 1.30. The fraction of sp³-hybridized carbons (Fsp3) is 0.600. The van der Waals surface area contributed by atoms with Gasteiger partial charge in [-0.2, -0.15) is 0 Å². The first-order valence-electron chi connectivity index (χ1n) is 4.82. The fourth-order valence-electron chi connectivity index (χ4n) is 1.30. The molecule has 0 spiro atoms. The van der Waals surface area contributed by atoms with E-state index >= 15 is 0 Å². The summed E-state index contributed by atoms with van der Waals surface area (Å²) in [5.41, 5.74) is 0. The Hall–Kier alpha value is -0.960. The molecule has 0 aromatic carbocycles. The molecule has 0 aliphatic heterocycles. The molecule has 3 nitrogen and oxygen atoms in total. The van der Waals surface area contributed by atoms with Crippen LogP contribution in [0.1, 0.15) is 38.1 Å². The molecule has 1 heterocycles. The summed E-state index contributed by atoms with van der Waals surface area (Å²) in [6.07, 6.45) is 7.11. The van der Waals surface area contributed by atoms with Crippen molar-refractivity contribution in [3.63, 3.8) is 0 Å². The van der Waals surface area contributed by atoms with E-state index in [4.69, 9.17) is 0 Å². The first-order chi connectivity index (χ1) is 6.38. The third-order valence-electron chi connectivity index (χ3n) is 2.09. The van der Waals surface area contributed by atoms with E-state index in [1.54, 1.807) is 12.4 Å². The number of nitrogens with one attached hydrogen (secondary N) is 1. The summed E-state index contributed by atoms with van der Waals surface area (Å²) in [5.74, 6) is 0.901. The Morgan fingerprint density at radius 3 is 2.62 bits per heavy atom. The van der Waals surface area contributed by atoms with E-state index in [-0.39, 0.29) is 0 Å². The molecule has 1 rings (SSSR count). The summed E-state index contributed by atoms with van der Waals surface area (Å²) in [7, 11) is 1.96. The van der Waals surface area contributed by atoms with Crippen LogP contribution in [-0.2, 0) is 0 Å². The van der Waals surface area contributed by atoms with Crippen molar-refractivity contribution in [2.45, 2.75) is 32.2 Å². The summed E-state index contributed by atoms with van der Waals surface area (Å²) in [4.78, 5) is 8.46. The zero-order chi connectivity index (χ0) is 9.52. The minimum absolute atomic E-state index is 0.307. The molecule has 3 heteroatoms. The van der Waals surface area contributed by atoms with Gasteiger partial charge in [0.15, 0.2) is 0 Å². The topological polar surface area (TPSA) is 37.8 Å². The summed E-state index contributed by atoms with van der Waals surface area (Å²) in [6, 6.07) is 2.15. The molecule has 1 aromatic rings. The second-order valence-corrected chi connectivity index (χ2v) is 3.09. The van der Waals surface area contributed by atoms with Gasteiger partial charge in [-0.1, -0.05) is 19.8 Å². The lowest BCUT2D eigenvalue weighted by Gasteiger charge is -2.13. The molecule has 0 aliphatic rings. The second-order valence-electron chi connectivity index (χ2n) is 3.09. The molecule has 0 aliphatic carbocycles. The molecule has 1 unspecified atom stereocenters. The third-order valence-corrected chi connectivity index (χ3v) is 2.09. The number of unbranched alkanes of at least 4 members (excludes halogenated alkanes) is 1. The SMILES string of the molecule is CCCCC(NC)c1ncccn1. The van der Waals surface area contributed by atoms with Gasteiger partial charge in [0.05, 0.1) is 6.04 Å². The number of nitrogens with zero attached hydrogens (tertiary/aromatic N) is 2. The molecule has 0 bridgehead atoms. The normalized spacial score (nSPS) is 12.8. The maximum Gasteiger partial charge on any atom is 0.145 e. The highest BCUT2D eigenvalue weighted by Gasteiger charge is 2.09. The average molecular weight is 179 g/mol. The van der Waals surface area contributed by atoms with Gasteiger partial charge in [-0.3, -0.25) is 0 Å². The quantitative estimate of drug-likeness (QED) is 0.750. The van der Waals surface area contributed by atoms with Crippen molar-refractivity contribution < 1.29 is 0 Å². The second kappa shape index (κ2) is 5.65. The van der Waals surface area contributed by atoms with Crippen molar-refractivity contribution >= 4 is 0 Å². The highest BCUT2D eigenvalue weighted by molar-refractivity contribution is 4.95. The van der Waals surface area contributed by atoms with Crippen LogP contribution in [0, 0.1) is 0 Å². The third kappa shape index (κ3) is 3.11. The molecule has 72 valence electrons. The van der Waals surface area contributed by atoms with Crippen LogP contribution in [0.3, 0.4) is 0 Å². The molecule has 1 N–H and O–H groups in total. The summed E-state index contributed by atoms with van der Waals surface area (Å²) < 4.78 is 0. The molecule has 0 fully saturated rings. The highest BCUT2D eigenvalue weighted by Crippen LogP contribution is 2.13. The lowest BCUT2D eigenvalue weighted by molar-refractivity contribution is 0.498. The Balaban J connectivity index is 2.56. The molecule has 0 saturated carbocycles. The lowest BCUT2D eigenvalue weighted by Crippen LogP contribution is -2.18. The molecular formula is C10H17N3. The lowest BCUT2D eigenvalue weighted by atomic mass is 10.1. The van der Waals surface area contributed by atoms with Crippen LogP contribution in [0.15, 0.2) is 18.5 Å². The Morgan fingerprint density at radius 1 is 1.38 bits per heavy atom. The van der Waals surface area contributed by atoms with Crippen molar-refractivity contribution in [3.05, 3.63) is 24.3 Å². The largest absolute Gasteiger partial charge is 0.310 e. The first kappa shape index (κ1) is 10.1. The predicted octanol–water partition coefficient (Wildman–Crippen LogP) is 1.93. The van der Waals surface area contributed by atoms with Gasteiger partial charge in [-0.15, -0.1) is 0 Å². The zero-order valence-electron chi connectivity index (χ0n) is 8.33. The van der Waals surface area contributed by atoms with Gasteiger partial charge in [0.1, 0.15) is 5.82 Å². The highest BCUT2D eigenvalue weighted by atomic mass is 15.0. The van der Waals surface area contributed by atoms with E-state index < -0.39 is 0 Å². The monoisotopic (exact) mass is 179 g/mol. The minimum atomic E-state index is 0.307. The smallest absolute Gasteiger partial charge is 0.145 e. The van der Waals surface area contributed by atoms with Crippen LogP contribution < -0.4 is 5.32 Å². The number of aromatic nitrogens is 2. The van der Waals surface area contributed by atoms with Gasteiger partial charge >= 0.3 is 0 Å². The van der Waals surface area contributed by atoms with Crippen LogP contribution in [0.5, 0.6) is 0 Å². The van der Waals surface area contributed by atoms with Crippen LogP contribution in [0.25, 0.3) is 0 Å². The number of rotatable bonds is 5. The van der Waals surface area contributed by atoms with Crippen molar-refractivity contribution in [2.75, 3.05) is 7.05 Å². The summed E-state index contributed by atoms with van der Waals surface area (Å²) in [5, 5.41) is 3.23. The Bertz CT molecular complexity index is 223. The van der Waals surface area contributed by atoms with Crippen molar-refractivity contribution in [2.24, 2.45) is 0 Å². The molecule has 1 atom stereocenters. The van der Waals surface area contributed by atoms with Gasteiger partial charge in [-0.05, 0) is 19.5 Å². The summed E-state index contributed by atoms with van der Waals surface area (Å²) >= 11 is 0. The van der Waals surface area contributed by atoms with Crippen LogP contribution >= 0.6 is 0 Å². The molecule has 1 aromatic heterocycles. The minimum Gasteiger partial charge on any atom is -0.310 e. The van der Waals surface area contributed by atoms with Gasteiger partial charge < -0.3 is 5.32 Å². The van der Waals surface area contributed by atoms with Crippen molar-refractivity contribution in [1.82, 2.24) is 15.3 Å². The van der Waals surface area contributed by atoms with E-state index in [0.29, 0.717) is 6.04 Å². The molecule has 0 saturated heterocycles. The Morgan fingerprint density at radius 2 is 2.08 bits per heavy atom. The van der Waals surface area contributed by atoms with Crippen LogP contribution in [0.2, 0.25) is 0 Å². The van der Waals surface area contributed by atoms with Gasteiger partial charge in [0.2, 0.25) is 0 Å². The maximum absolute atomic E-state index is 4.23. The average Bonchev–Trinajstić information content (AvgIpc) is 2.21. The van der Waals surface area contributed by atoms with Gasteiger partial charge in [-0.25, -0.2) is 9.97 Å².